The van der Waals surface area contributed by atoms with Crippen molar-refractivity contribution in [2.75, 3.05) is 18.8 Å². The molecule has 1 aromatic carbocycles. The summed E-state index contributed by atoms with van der Waals surface area (Å²) < 4.78 is 36.6. The van der Waals surface area contributed by atoms with Crippen molar-refractivity contribution in [2.45, 2.75) is 58.6 Å². The highest BCUT2D eigenvalue weighted by Crippen LogP contribution is 2.53. The molecule has 1 saturated heterocycles. The van der Waals surface area contributed by atoms with Gasteiger partial charge in [0.15, 0.2) is 0 Å². The molecule has 0 bridgehead atoms. The number of aliphatic imine (C=N–C) groups is 1. The number of carbonyl (C=O) groups excluding carboxylic acids is 1. The summed E-state index contributed by atoms with van der Waals surface area (Å²) in [6.45, 7) is 10.2. The summed E-state index contributed by atoms with van der Waals surface area (Å²) in [5, 5.41) is 2.70. The van der Waals surface area contributed by atoms with Crippen LogP contribution in [0.2, 0.25) is 0 Å². The highest BCUT2D eigenvalue weighted by molar-refractivity contribution is 8.26. The summed E-state index contributed by atoms with van der Waals surface area (Å²) in [5.41, 5.74) is -0.422. The topological polar surface area (TPSA) is 86.2 Å². The third kappa shape index (κ3) is 4.84. The molecule has 1 amide bonds. The third-order valence-corrected chi connectivity index (χ3v) is 7.59. The van der Waals surface area contributed by atoms with Gasteiger partial charge in [0.1, 0.15) is 17.0 Å². The van der Waals surface area contributed by atoms with Gasteiger partial charge < -0.3 is 9.29 Å². The molecule has 2 aliphatic rings. The van der Waals surface area contributed by atoms with Gasteiger partial charge in [-0.1, -0.05) is 17.7 Å². The highest BCUT2D eigenvalue weighted by Gasteiger charge is 2.47. The van der Waals surface area contributed by atoms with Crippen molar-refractivity contribution in [3.05, 3.63) is 35.1 Å². The fourth-order valence-electron chi connectivity index (χ4n) is 3.61. The summed E-state index contributed by atoms with van der Waals surface area (Å²) in [7, 11) is -2.53. The summed E-state index contributed by atoms with van der Waals surface area (Å²) in [5.74, 6) is 0.0456. The Labute approximate surface area is 173 Å². The van der Waals surface area contributed by atoms with Gasteiger partial charge in [-0.2, -0.15) is 0 Å². The first-order valence-electron chi connectivity index (χ1n) is 9.84. The molecule has 1 unspecified atom stereocenters. The van der Waals surface area contributed by atoms with Crippen molar-refractivity contribution < 1.29 is 18.5 Å². The Bertz CT molecular complexity index is 828. The van der Waals surface area contributed by atoms with Crippen molar-refractivity contribution in [1.82, 2.24) is 14.3 Å². The van der Waals surface area contributed by atoms with E-state index in [0.29, 0.717) is 18.7 Å². The van der Waals surface area contributed by atoms with E-state index in [1.165, 1.54) is 6.07 Å². The van der Waals surface area contributed by atoms with E-state index >= 15 is 0 Å². The molecule has 3 N–H and O–H groups in total. The SMILES string of the molecule is Cc1ccc(F)c([C@]2(C)CS3(O)NCCCCN3C(NC(=O)OC(C)(C)C)=N2)c1. The number of fused-ring (bicyclic) bond motifs is 1. The maximum Gasteiger partial charge on any atom is 0.414 e. The predicted molar refractivity (Wildman–Crippen MR) is 114 cm³/mol. The normalized spacial score (nSPS) is 29.8. The van der Waals surface area contributed by atoms with Crippen LogP contribution in [0.4, 0.5) is 9.18 Å². The fraction of sp³-hybridized carbons (Fsp3) is 0.600. The van der Waals surface area contributed by atoms with Crippen molar-refractivity contribution in [2.24, 2.45) is 4.99 Å². The summed E-state index contributed by atoms with van der Waals surface area (Å²) in [6.07, 6.45) is 1.07. The summed E-state index contributed by atoms with van der Waals surface area (Å²) in [4.78, 5) is 17.2. The molecule has 162 valence electrons. The van der Waals surface area contributed by atoms with Crippen LogP contribution in [0.1, 0.15) is 51.7 Å². The number of carbonyl (C=O) groups is 1. The lowest BCUT2D eigenvalue weighted by Gasteiger charge is -2.51. The molecule has 2 aliphatic heterocycles. The quantitative estimate of drug-likeness (QED) is 0.631. The molecule has 0 saturated carbocycles. The average Bonchev–Trinajstić information content (AvgIpc) is 2.76. The number of amides is 1. The molecule has 0 radical (unpaired) electrons. The lowest BCUT2D eigenvalue weighted by atomic mass is 9.93. The van der Waals surface area contributed by atoms with Gasteiger partial charge in [0.2, 0.25) is 5.96 Å². The van der Waals surface area contributed by atoms with Crippen LogP contribution in [-0.4, -0.2) is 45.4 Å². The minimum atomic E-state index is -2.53. The van der Waals surface area contributed by atoms with E-state index in [1.807, 2.05) is 6.92 Å². The number of aryl methyl sites for hydroxylation is 1. The summed E-state index contributed by atoms with van der Waals surface area (Å²) in [6, 6.07) is 4.87. The van der Waals surface area contributed by atoms with Crippen molar-refractivity contribution in [3.8, 4) is 0 Å². The van der Waals surface area contributed by atoms with Gasteiger partial charge in [-0.25, -0.2) is 18.9 Å². The number of halogens is 1. The number of rotatable bonds is 1. The van der Waals surface area contributed by atoms with Crippen LogP contribution < -0.4 is 10.0 Å². The van der Waals surface area contributed by atoms with Crippen molar-refractivity contribution >= 4 is 22.7 Å². The van der Waals surface area contributed by atoms with Gasteiger partial charge in [0.25, 0.3) is 0 Å². The number of nitrogens with zero attached hydrogens (tertiary/aromatic N) is 2. The Morgan fingerprint density at radius 2 is 2.14 bits per heavy atom. The smallest absolute Gasteiger partial charge is 0.414 e. The Balaban J connectivity index is 2.05. The minimum absolute atomic E-state index is 0.209. The molecule has 7 nitrogen and oxygen atoms in total. The van der Waals surface area contributed by atoms with E-state index in [4.69, 9.17) is 9.73 Å². The van der Waals surface area contributed by atoms with E-state index < -0.39 is 27.9 Å². The van der Waals surface area contributed by atoms with Crippen LogP contribution in [-0.2, 0) is 10.3 Å². The molecule has 1 aromatic rings. The number of hydrogen-bond acceptors (Lipinski definition) is 6. The van der Waals surface area contributed by atoms with Gasteiger partial charge in [-0.15, -0.1) is 0 Å². The maximum atomic E-state index is 14.8. The first-order chi connectivity index (χ1) is 13.4. The number of hydrogen-bond donors (Lipinski definition) is 3. The van der Waals surface area contributed by atoms with Crippen LogP contribution in [0.3, 0.4) is 0 Å². The monoisotopic (exact) mass is 426 g/mol. The lowest BCUT2D eigenvalue weighted by Crippen LogP contribution is -2.56. The highest BCUT2D eigenvalue weighted by atomic mass is 32.3. The molecular formula is C20H31FN4O3S. The van der Waals surface area contributed by atoms with Crippen molar-refractivity contribution in [3.63, 3.8) is 0 Å². The Morgan fingerprint density at radius 1 is 1.41 bits per heavy atom. The predicted octanol–water partition coefficient (Wildman–Crippen LogP) is 4.04. The lowest BCUT2D eigenvalue weighted by molar-refractivity contribution is 0.0558. The Morgan fingerprint density at radius 3 is 2.83 bits per heavy atom. The molecule has 2 heterocycles. The Hall–Kier alpha value is -1.84. The zero-order valence-corrected chi connectivity index (χ0v) is 18.5. The average molecular weight is 427 g/mol. The molecule has 29 heavy (non-hydrogen) atoms. The van der Waals surface area contributed by atoms with Gasteiger partial charge >= 0.3 is 6.09 Å². The molecule has 0 spiro atoms. The van der Waals surface area contributed by atoms with E-state index in [-0.39, 0.29) is 17.5 Å². The molecule has 0 aromatic heterocycles. The van der Waals surface area contributed by atoms with E-state index in [9.17, 15) is 13.7 Å². The van der Waals surface area contributed by atoms with Crippen molar-refractivity contribution in [1.29, 1.82) is 0 Å². The number of guanidine groups is 1. The van der Waals surface area contributed by atoms with Crippen LogP contribution in [0.25, 0.3) is 0 Å². The molecule has 3 rings (SSSR count). The molecular weight excluding hydrogens is 395 g/mol. The summed E-state index contributed by atoms with van der Waals surface area (Å²) >= 11 is 0. The second-order valence-corrected chi connectivity index (χ2v) is 11.2. The zero-order chi connectivity index (χ0) is 21.4. The zero-order valence-electron chi connectivity index (χ0n) is 17.7. The first kappa shape index (κ1) is 21.9. The number of benzene rings is 1. The first-order valence-corrected chi connectivity index (χ1v) is 11.6. The van der Waals surface area contributed by atoms with Gasteiger partial charge in [-0.3, -0.25) is 9.62 Å². The van der Waals surface area contributed by atoms with Crippen LogP contribution in [0.15, 0.2) is 23.2 Å². The maximum absolute atomic E-state index is 14.8. The fourth-order valence-corrected chi connectivity index (χ4v) is 6.30. The van der Waals surface area contributed by atoms with Gasteiger partial charge in [0, 0.05) is 29.3 Å². The van der Waals surface area contributed by atoms with Gasteiger partial charge in [-0.05, 0) is 53.5 Å². The molecule has 1 fully saturated rings. The second kappa shape index (κ2) is 7.77. The third-order valence-electron chi connectivity index (χ3n) is 4.87. The largest absolute Gasteiger partial charge is 0.444 e. The van der Waals surface area contributed by atoms with Crippen LogP contribution in [0, 0.1) is 12.7 Å². The van der Waals surface area contributed by atoms with Gasteiger partial charge in [0.05, 0.1) is 5.75 Å². The second-order valence-electron chi connectivity index (χ2n) is 8.83. The Kier molecular flexibility index (Phi) is 5.86. The molecule has 2 atom stereocenters. The standard InChI is InChI=1S/C20H31FN4O3S/c1-14-8-9-16(21)15(12-14)20(5)13-29(27)22-10-6-7-11-25(29)17(24-20)23-18(26)28-19(2,3)4/h8-9,12,22,27H,6-7,10-11,13H2,1-5H3,(H,23,24,26)/t20-/m0/s1. The number of nitrogens with one attached hydrogen (secondary N) is 2. The van der Waals surface area contributed by atoms with E-state index in [2.05, 4.69) is 10.0 Å². The van der Waals surface area contributed by atoms with Crippen LogP contribution in [0.5, 0.6) is 0 Å². The minimum Gasteiger partial charge on any atom is -0.444 e. The molecule has 0 aliphatic carbocycles. The van der Waals surface area contributed by atoms with E-state index in [0.717, 1.165) is 18.4 Å². The number of alkyl carbamates (subject to hydrolysis) is 1. The van der Waals surface area contributed by atoms with Crippen LogP contribution >= 0.6 is 10.7 Å². The molecule has 9 heteroatoms. The van der Waals surface area contributed by atoms with E-state index in [1.54, 1.807) is 44.1 Å². The number of ether oxygens (including phenoxy) is 1.